The first-order valence-corrected chi connectivity index (χ1v) is 7.37. The average molecular weight is 334 g/mol. The first-order chi connectivity index (χ1) is 9.47. The molecule has 0 aliphatic carbocycles. The van der Waals surface area contributed by atoms with Gasteiger partial charge in [-0.3, -0.25) is 0 Å². The Morgan fingerprint density at radius 3 is 2.70 bits per heavy atom. The van der Waals surface area contributed by atoms with Crippen LogP contribution in [-0.4, -0.2) is 21.3 Å². The molecule has 0 amide bonds. The summed E-state index contributed by atoms with van der Waals surface area (Å²) in [7, 11) is 0. The monoisotopic (exact) mass is 333 g/mol. The van der Waals surface area contributed by atoms with E-state index in [0.717, 1.165) is 37.4 Å². The van der Waals surface area contributed by atoms with Crippen LogP contribution in [0.4, 0.5) is 0 Å². The van der Waals surface area contributed by atoms with Gasteiger partial charge in [-0.25, -0.2) is 0 Å². The lowest BCUT2D eigenvalue weighted by molar-refractivity contribution is 0.195. The highest BCUT2D eigenvalue weighted by molar-refractivity contribution is 9.10. The molecule has 1 aromatic heterocycles. The van der Waals surface area contributed by atoms with Gasteiger partial charge in [-0.05, 0) is 49.2 Å². The summed E-state index contributed by atoms with van der Waals surface area (Å²) in [5.74, 6) is 0.272. The number of H-pyrrole nitrogens is 1. The van der Waals surface area contributed by atoms with E-state index < -0.39 is 6.10 Å². The second-order valence-corrected chi connectivity index (χ2v) is 6.21. The average Bonchev–Trinajstić information content (AvgIpc) is 2.72. The SMILES string of the molecule is Cc1c(O)cc2c([nH]c3ccc(Br)cc32)c1C[C@H](C)O. The number of fused-ring (bicyclic) bond motifs is 3. The zero-order valence-corrected chi connectivity index (χ0v) is 13.0. The molecule has 3 N–H and O–H groups in total. The van der Waals surface area contributed by atoms with E-state index in [0.29, 0.717) is 6.42 Å². The number of aliphatic hydroxyl groups excluding tert-OH is 1. The number of aliphatic hydroxyl groups is 1. The number of aromatic nitrogens is 1. The van der Waals surface area contributed by atoms with Gasteiger partial charge >= 0.3 is 0 Å². The topological polar surface area (TPSA) is 56.2 Å². The minimum absolute atomic E-state index is 0.272. The number of aromatic hydroxyl groups is 1. The molecule has 104 valence electrons. The lowest BCUT2D eigenvalue weighted by Gasteiger charge is -2.11. The van der Waals surface area contributed by atoms with E-state index in [2.05, 4.69) is 20.9 Å². The lowest BCUT2D eigenvalue weighted by Crippen LogP contribution is -2.06. The zero-order chi connectivity index (χ0) is 14.4. The van der Waals surface area contributed by atoms with Crippen molar-refractivity contribution in [2.45, 2.75) is 26.4 Å². The number of benzene rings is 2. The van der Waals surface area contributed by atoms with E-state index in [9.17, 15) is 10.2 Å². The van der Waals surface area contributed by atoms with Crippen molar-refractivity contribution in [1.29, 1.82) is 0 Å². The van der Waals surface area contributed by atoms with Gasteiger partial charge < -0.3 is 15.2 Å². The Hall–Kier alpha value is -1.52. The van der Waals surface area contributed by atoms with E-state index in [1.54, 1.807) is 13.0 Å². The van der Waals surface area contributed by atoms with E-state index in [-0.39, 0.29) is 5.75 Å². The van der Waals surface area contributed by atoms with Crippen LogP contribution in [-0.2, 0) is 6.42 Å². The molecule has 0 aliphatic rings. The van der Waals surface area contributed by atoms with Crippen LogP contribution in [0, 0.1) is 6.92 Å². The van der Waals surface area contributed by atoms with Crippen molar-refractivity contribution in [2.24, 2.45) is 0 Å². The van der Waals surface area contributed by atoms with Crippen LogP contribution in [0.1, 0.15) is 18.1 Å². The highest BCUT2D eigenvalue weighted by Crippen LogP contribution is 2.35. The minimum atomic E-state index is -0.447. The predicted octanol–water partition coefficient (Wildman–Crippen LogP) is 4.02. The summed E-state index contributed by atoms with van der Waals surface area (Å²) < 4.78 is 1.00. The molecule has 4 heteroatoms. The maximum Gasteiger partial charge on any atom is 0.119 e. The normalized spacial score (nSPS) is 13.2. The van der Waals surface area contributed by atoms with Gasteiger partial charge in [-0.2, -0.15) is 0 Å². The molecule has 2 aromatic carbocycles. The van der Waals surface area contributed by atoms with Crippen molar-refractivity contribution < 1.29 is 10.2 Å². The highest BCUT2D eigenvalue weighted by atomic mass is 79.9. The van der Waals surface area contributed by atoms with E-state index in [4.69, 9.17) is 0 Å². The second-order valence-electron chi connectivity index (χ2n) is 5.29. The fourth-order valence-corrected chi connectivity index (χ4v) is 3.07. The molecule has 0 saturated carbocycles. The molecular weight excluding hydrogens is 318 g/mol. The quantitative estimate of drug-likeness (QED) is 0.663. The fourth-order valence-electron chi connectivity index (χ4n) is 2.71. The number of rotatable bonds is 2. The minimum Gasteiger partial charge on any atom is -0.508 e. The molecule has 0 saturated heterocycles. The molecule has 20 heavy (non-hydrogen) atoms. The van der Waals surface area contributed by atoms with E-state index >= 15 is 0 Å². The van der Waals surface area contributed by atoms with Crippen LogP contribution in [0.2, 0.25) is 0 Å². The summed E-state index contributed by atoms with van der Waals surface area (Å²) in [4.78, 5) is 3.40. The molecular formula is C16H16BrNO2. The smallest absolute Gasteiger partial charge is 0.119 e. The summed E-state index contributed by atoms with van der Waals surface area (Å²) in [5, 5.41) is 21.9. The van der Waals surface area contributed by atoms with Crippen LogP contribution in [0.5, 0.6) is 5.75 Å². The number of aromatic amines is 1. The zero-order valence-electron chi connectivity index (χ0n) is 11.4. The van der Waals surface area contributed by atoms with Gasteiger partial charge in [0.2, 0.25) is 0 Å². The summed E-state index contributed by atoms with van der Waals surface area (Å²) in [6, 6.07) is 7.83. The summed E-state index contributed by atoms with van der Waals surface area (Å²) in [6.07, 6.45) is 0.0712. The van der Waals surface area contributed by atoms with Gasteiger partial charge in [0, 0.05) is 27.2 Å². The summed E-state index contributed by atoms with van der Waals surface area (Å²) in [5.41, 5.74) is 3.82. The van der Waals surface area contributed by atoms with Gasteiger partial charge in [0.25, 0.3) is 0 Å². The summed E-state index contributed by atoms with van der Waals surface area (Å²) in [6.45, 7) is 3.64. The number of nitrogens with one attached hydrogen (secondary N) is 1. The Morgan fingerprint density at radius 1 is 1.25 bits per heavy atom. The molecule has 0 spiro atoms. The molecule has 3 aromatic rings. The predicted molar refractivity (Wildman–Crippen MR) is 85.3 cm³/mol. The van der Waals surface area contributed by atoms with Crippen molar-refractivity contribution in [1.82, 2.24) is 4.98 Å². The molecule has 0 aliphatic heterocycles. The molecule has 0 fully saturated rings. The van der Waals surface area contributed by atoms with Gasteiger partial charge in [0.05, 0.1) is 11.6 Å². The number of hydrogen-bond acceptors (Lipinski definition) is 2. The van der Waals surface area contributed by atoms with Gasteiger partial charge in [-0.1, -0.05) is 15.9 Å². The van der Waals surface area contributed by atoms with Crippen LogP contribution >= 0.6 is 15.9 Å². The standard InChI is InChI=1S/C16H16BrNO2/c1-8(19)5-11-9(2)15(20)7-13-12-6-10(17)3-4-14(12)18-16(11)13/h3-4,6-8,18-20H,5H2,1-2H3/t8-/m0/s1. The van der Waals surface area contributed by atoms with Crippen LogP contribution in [0.25, 0.3) is 21.8 Å². The van der Waals surface area contributed by atoms with Crippen LogP contribution < -0.4 is 0 Å². The van der Waals surface area contributed by atoms with Gasteiger partial charge in [-0.15, -0.1) is 0 Å². The van der Waals surface area contributed by atoms with Crippen molar-refractivity contribution >= 4 is 37.7 Å². The fraction of sp³-hybridized carbons (Fsp3) is 0.250. The molecule has 0 radical (unpaired) electrons. The van der Waals surface area contributed by atoms with E-state index in [1.165, 1.54) is 0 Å². The largest absolute Gasteiger partial charge is 0.508 e. The second kappa shape index (κ2) is 4.79. The molecule has 3 rings (SSSR count). The maximum atomic E-state index is 10.2. The van der Waals surface area contributed by atoms with Crippen molar-refractivity contribution in [3.05, 3.63) is 39.9 Å². The Kier molecular flexibility index (Phi) is 3.22. The Morgan fingerprint density at radius 2 is 2.00 bits per heavy atom. The third-order valence-corrected chi connectivity index (χ3v) is 4.21. The molecule has 1 atom stereocenters. The molecule has 3 nitrogen and oxygen atoms in total. The number of hydrogen-bond donors (Lipinski definition) is 3. The lowest BCUT2D eigenvalue weighted by atomic mass is 9.98. The van der Waals surface area contributed by atoms with Crippen molar-refractivity contribution in [3.8, 4) is 5.75 Å². The maximum absolute atomic E-state index is 10.2. The Labute approximate surface area is 125 Å². The number of phenols is 1. The first-order valence-electron chi connectivity index (χ1n) is 6.58. The molecule has 0 bridgehead atoms. The Balaban J connectivity index is 2.42. The van der Waals surface area contributed by atoms with E-state index in [1.807, 2.05) is 25.1 Å². The molecule has 0 unspecified atom stereocenters. The van der Waals surface area contributed by atoms with Crippen molar-refractivity contribution in [2.75, 3.05) is 0 Å². The van der Waals surface area contributed by atoms with Crippen LogP contribution in [0.3, 0.4) is 0 Å². The summed E-state index contributed by atoms with van der Waals surface area (Å²) >= 11 is 3.48. The Bertz CT molecular complexity index is 805. The first kappa shape index (κ1) is 13.5. The van der Waals surface area contributed by atoms with Gasteiger partial charge in [0.1, 0.15) is 5.75 Å². The third-order valence-electron chi connectivity index (χ3n) is 3.72. The van der Waals surface area contributed by atoms with Gasteiger partial charge in [0.15, 0.2) is 0 Å². The molecule has 1 heterocycles. The van der Waals surface area contributed by atoms with Crippen molar-refractivity contribution in [3.63, 3.8) is 0 Å². The number of phenolic OH excluding ortho intramolecular Hbond substituents is 1. The third kappa shape index (κ3) is 2.09. The highest BCUT2D eigenvalue weighted by Gasteiger charge is 2.15. The number of halogens is 1. The van der Waals surface area contributed by atoms with Crippen LogP contribution in [0.15, 0.2) is 28.7 Å².